The standard InChI is InChI=1S/C38H51N5O12/c1-6-7-13-43(37(52)55-18-54-36(51)19-11-9-8-10-12-19)17-25(44)40-23-16-24(41(2)3)21-14-20-15-22-29(42(4)5)32(47)28(35(39)50)34(49)38(22,53)33(48)26(20)31(46)27(21)30(23)45/h16,19-20,22,26,28-29,45,53H,6-15,17-18H2,1-5H3,(H2,39,50)(H,40,44)/t20?,22?,26?,28?,29-,38-/m0/s1. The molecule has 0 aliphatic heterocycles. The van der Waals surface area contributed by atoms with E-state index in [0.29, 0.717) is 36.9 Å². The molecule has 3 saturated carbocycles. The molecule has 6 atom stereocenters. The van der Waals surface area contributed by atoms with E-state index in [4.69, 9.17) is 15.2 Å². The van der Waals surface area contributed by atoms with E-state index in [1.54, 1.807) is 19.0 Å². The van der Waals surface area contributed by atoms with E-state index in [2.05, 4.69) is 5.32 Å². The molecule has 0 spiro atoms. The van der Waals surface area contributed by atoms with Gasteiger partial charge in [0.1, 0.15) is 12.3 Å². The lowest BCUT2D eigenvalue weighted by molar-refractivity contribution is -0.181. The maximum absolute atomic E-state index is 14.3. The Hall–Kier alpha value is -4.90. The fourth-order valence-electron chi connectivity index (χ4n) is 8.78. The van der Waals surface area contributed by atoms with E-state index < -0.39 is 101 Å². The number of hydrogen-bond donors (Lipinski definition) is 4. The Balaban J connectivity index is 1.39. The van der Waals surface area contributed by atoms with E-state index in [-0.39, 0.29) is 36.6 Å². The summed E-state index contributed by atoms with van der Waals surface area (Å²) in [6, 6.07) is 0.222. The van der Waals surface area contributed by atoms with Crippen LogP contribution in [-0.4, -0.2) is 127 Å². The summed E-state index contributed by atoms with van der Waals surface area (Å²) in [4.78, 5) is 111. The van der Waals surface area contributed by atoms with Crippen molar-refractivity contribution in [3.8, 4) is 5.75 Å². The van der Waals surface area contributed by atoms with Crippen LogP contribution in [0.15, 0.2) is 6.07 Å². The van der Waals surface area contributed by atoms with Gasteiger partial charge in [0.2, 0.25) is 18.6 Å². The monoisotopic (exact) mass is 769 g/mol. The van der Waals surface area contributed by atoms with Gasteiger partial charge in [0, 0.05) is 32.2 Å². The topological polar surface area (TPSA) is 243 Å². The molecule has 0 aromatic heterocycles. The van der Waals surface area contributed by atoms with Crippen molar-refractivity contribution in [1.29, 1.82) is 0 Å². The number of ketones is 4. The first-order valence-corrected chi connectivity index (χ1v) is 18.7. The van der Waals surface area contributed by atoms with Crippen molar-refractivity contribution >= 4 is 58.4 Å². The van der Waals surface area contributed by atoms with Crippen LogP contribution in [0.3, 0.4) is 0 Å². The Morgan fingerprint density at radius 2 is 1.67 bits per heavy atom. The van der Waals surface area contributed by atoms with Crippen molar-refractivity contribution in [2.45, 2.75) is 76.4 Å². The number of nitrogens with zero attached hydrogens (tertiary/aromatic N) is 3. The zero-order valence-electron chi connectivity index (χ0n) is 31.9. The van der Waals surface area contributed by atoms with Gasteiger partial charge in [-0.15, -0.1) is 0 Å². The Morgan fingerprint density at radius 3 is 2.27 bits per heavy atom. The van der Waals surface area contributed by atoms with E-state index in [9.17, 15) is 48.6 Å². The van der Waals surface area contributed by atoms with E-state index >= 15 is 0 Å². The quantitative estimate of drug-likeness (QED) is 0.101. The largest absolute Gasteiger partial charge is 0.505 e. The van der Waals surface area contributed by atoms with Gasteiger partial charge in [-0.25, -0.2) is 4.79 Å². The number of likely N-dealkylation sites (N-methyl/N-ethyl adjacent to an activating group) is 1. The zero-order valence-corrected chi connectivity index (χ0v) is 31.9. The first-order chi connectivity index (χ1) is 25.9. The second-order valence-corrected chi connectivity index (χ2v) is 15.5. The number of anilines is 2. The fraction of sp³-hybridized carbons (Fsp3) is 0.632. The lowest BCUT2D eigenvalue weighted by Crippen LogP contribution is -2.74. The molecule has 3 fully saturated rings. The predicted octanol–water partition coefficient (Wildman–Crippen LogP) is 1.19. The Bertz CT molecular complexity index is 1770. The van der Waals surface area contributed by atoms with Crippen LogP contribution in [0.1, 0.15) is 74.2 Å². The summed E-state index contributed by atoms with van der Waals surface area (Å²) >= 11 is 0. The molecule has 0 bridgehead atoms. The number of ether oxygens (including phenoxy) is 2. The molecule has 0 saturated heterocycles. The van der Waals surface area contributed by atoms with Crippen molar-refractivity contribution in [2.24, 2.45) is 35.3 Å². The van der Waals surface area contributed by atoms with Gasteiger partial charge < -0.3 is 35.6 Å². The van der Waals surface area contributed by atoms with Gasteiger partial charge in [-0.1, -0.05) is 32.6 Å². The molecule has 4 unspecified atom stereocenters. The number of aromatic hydroxyl groups is 1. The maximum Gasteiger partial charge on any atom is 0.413 e. The fourth-order valence-corrected chi connectivity index (χ4v) is 8.78. The number of phenolic OH excluding ortho intramolecular Hbond substituents is 1. The lowest BCUT2D eigenvalue weighted by Gasteiger charge is -2.52. The van der Waals surface area contributed by atoms with Gasteiger partial charge >= 0.3 is 12.1 Å². The number of nitrogens with one attached hydrogen (secondary N) is 1. The van der Waals surface area contributed by atoms with E-state index in [1.165, 1.54) is 25.1 Å². The van der Waals surface area contributed by atoms with Crippen LogP contribution in [-0.2, 0) is 44.7 Å². The van der Waals surface area contributed by atoms with Crippen LogP contribution in [0.2, 0.25) is 0 Å². The zero-order chi connectivity index (χ0) is 40.5. The Kier molecular flexibility index (Phi) is 12.3. The SMILES string of the molecule is CCCCN(CC(=O)Nc1cc(N(C)C)c2c(c1O)C(=O)C1C(=O)[C@]3(O)C(=O)C(C(N)=O)C(=O)[C@@H](N(C)C)C3CC1C2)C(=O)OCOC(=O)C1CCCCC1. The number of primary amides is 1. The third-order valence-electron chi connectivity index (χ3n) is 11.5. The highest BCUT2D eigenvalue weighted by molar-refractivity contribution is 6.32. The minimum absolute atomic E-state index is 0.0308. The highest BCUT2D eigenvalue weighted by Gasteiger charge is 2.69. The maximum atomic E-state index is 14.3. The van der Waals surface area contributed by atoms with Gasteiger partial charge in [0.25, 0.3) is 0 Å². The third-order valence-corrected chi connectivity index (χ3v) is 11.5. The van der Waals surface area contributed by atoms with Crippen LogP contribution in [0.5, 0.6) is 5.75 Å². The molecule has 17 heteroatoms. The Labute approximate surface area is 318 Å². The predicted molar refractivity (Wildman–Crippen MR) is 195 cm³/mol. The highest BCUT2D eigenvalue weighted by atomic mass is 16.7. The number of rotatable bonds is 12. The summed E-state index contributed by atoms with van der Waals surface area (Å²) < 4.78 is 10.3. The average Bonchev–Trinajstić information content (AvgIpc) is 3.12. The third kappa shape index (κ3) is 7.68. The highest BCUT2D eigenvalue weighted by Crippen LogP contribution is 2.52. The first-order valence-electron chi connectivity index (χ1n) is 18.7. The van der Waals surface area contributed by atoms with Crippen LogP contribution < -0.4 is 16.0 Å². The number of benzene rings is 1. The minimum Gasteiger partial charge on any atom is -0.505 e. The number of esters is 1. The number of aliphatic hydroxyl groups is 1. The van der Waals surface area contributed by atoms with Gasteiger partial charge in [-0.2, -0.15) is 0 Å². The number of fused-ring (bicyclic) bond motifs is 3. The molecule has 55 heavy (non-hydrogen) atoms. The molecule has 3 amide bonds. The van der Waals surface area contributed by atoms with Gasteiger partial charge in [-0.3, -0.25) is 43.4 Å². The number of amides is 3. The second-order valence-electron chi connectivity index (χ2n) is 15.5. The van der Waals surface area contributed by atoms with Gasteiger partial charge in [0.15, 0.2) is 34.7 Å². The van der Waals surface area contributed by atoms with Crippen LogP contribution in [0.4, 0.5) is 16.2 Å². The molecule has 1 aromatic rings. The molecule has 300 valence electrons. The van der Waals surface area contributed by atoms with E-state index in [1.807, 2.05) is 6.92 Å². The number of nitrogens with two attached hydrogens (primary N) is 1. The first kappa shape index (κ1) is 41.3. The Morgan fingerprint density at radius 1 is 1.00 bits per heavy atom. The molecule has 5 N–H and O–H groups in total. The molecule has 17 nitrogen and oxygen atoms in total. The van der Waals surface area contributed by atoms with Crippen molar-refractivity contribution in [1.82, 2.24) is 9.80 Å². The number of hydrogen-bond acceptors (Lipinski definition) is 14. The summed E-state index contributed by atoms with van der Waals surface area (Å²) in [6.07, 6.45) is 4.54. The summed E-state index contributed by atoms with van der Waals surface area (Å²) in [5, 5.41) is 26.0. The van der Waals surface area contributed by atoms with Crippen LogP contribution in [0, 0.1) is 29.6 Å². The summed E-state index contributed by atoms with van der Waals surface area (Å²) in [5.41, 5.74) is 2.79. The molecule has 4 aliphatic carbocycles. The molecule has 4 aliphatic rings. The lowest BCUT2D eigenvalue weighted by atomic mass is 9.52. The molecular weight excluding hydrogens is 718 g/mol. The smallest absolute Gasteiger partial charge is 0.413 e. The molecular formula is C38H51N5O12. The average molecular weight is 770 g/mol. The molecule has 5 rings (SSSR count). The van der Waals surface area contributed by atoms with E-state index in [0.717, 1.165) is 24.2 Å². The van der Waals surface area contributed by atoms with Crippen molar-refractivity contribution in [3.63, 3.8) is 0 Å². The normalized spacial score (nSPS) is 26.4. The summed E-state index contributed by atoms with van der Waals surface area (Å²) in [6.45, 7) is 0.877. The summed E-state index contributed by atoms with van der Waals surface area (Å²) in [5.74, 6) is -13.5. The van der Waals surface area contributed by atoms with Crippen LogP contribution in [0.25, 0.3) is 0 Å². The van der Waals surface area contributed by atoms with Gasteiger partial charge in [0.05, 0.1) is 29.1 Å². The second kappa shape index (κ2) is 16.5. The minimum atomic E-state index is -2.88. The number of Topliss-reactive ketones (excluding diaryl/α,β-unsaturated/α-hetero) is 4. The van der Waals surface area contributed by atoms with Crippen molar-refractivity contribution < 1.29 is 58.0 Å². The van der Waals surface area contributed by atoms with Gasteiger partial charge in [-0.05, 0) is 63.7 Å². The number of carbonyl (C=O) groups excluding carboxylic acids is 8. The molecule has 0 radical (unpaired) electrons. The summed E-state index contributed by atoms with van der Waals surface area (Å²) in [7, 11) is 6.36. The number of unbranched alkanes of at least 4 members (excludes halogenated alkanes) is 1. The number of carbonyl (C=O) groups is 8. The molecule has 1 aromatic carbocycles. The number of phenols is 1. The molecule has 0 heterocycles. The van der Waals surface area contributed by atoms with Crippen molar-refractivity contribution in [3.05, 3.63) is 17.2 Å². The van der Waals surface area contributed by atoms with Crippen molar-refractivity contribution in [2.75, 3.05) is 58.3 Å². The van der Waals surface area contributed by atoms with Crippen LogP contribution >= 0.6 is 0 Å².